The second-order valence-corrected chi connectivity index (χ2v) is 7.40. The van der Waals surface area contributed by atoms with Crippen LogP contribution < -0.4 is 10.5 Å². The number of halogens is 1. The van der Waals surface area contributed by atoms with Crippen molar-refractivity contribution in [3.8, 4) is 0 Å². The van der Waals surface area contributed by atoms with Gasteiger partial charge >= 0.3 is 0 Å². The van der Waals surface area contributed by atoms with Gasteiger partial charge in [-0.1, -0.05) is 11.6 Å². The van der Waals surface area contributed by atoms with Crippen LogP contribution in [0.15, 0.2) is 34.5 Å². The average Bonchev–Trinajstić information content (AvgIpc) is 2.85. The number of nitro benzene ring substituents is 1. The fourth-order valence-corrected chi connectivity index (χ4v) is 3.51. The topological polar surface area (TPSA) is 115 Å². The van der Waals surface area contributed by atoms with Crippen molar-refractivity contribution in [2.45, 2.75) is 10.8 Å². The van der Waals surface area contributed by atoms with Crippen LogP contribution in [0.1, 0.15) is 4.88 Å². The minimum Gasteiger partial charge on any atom is -0.379 e. The molecular weight excluding hydrogens is 338 g/mol. The van der Waals surface area contributed by atoms with Crippen LogP contribution in [0, 0.1) is 10.1 Å². The number of nitrogens with zero attached hydrogens (tertiary/aromatic N) is 1. The molecule has 0 spiro atoms. The highest BCUT2D eigenvalue weighted by molar-refractivity contribution is 7.91. The van der Waals surface area contributed by atoms with E-state index in [-0.39, 0.29) is 14.9 Å². The lowest BCUT2D eigenvalue weighted by Gasteiger charge is -2.06. The van der Waals surface area contributed by atoms with Crippen molar-refractivity contribution in [1.29, 1.82) is 0 Å². The first-order valence-corrected chi connectivity index (χ1v) is 8.31. The van der Waals surface area contributed by atoms with Crippen molar-refractivity contribution >= 4 is 44.3 Å². The smallest absolute Gasteiger partial charge is 0.271 e. The van der Waals surface area contributed by atoms with Crippen molar-refractivity contribution in [2.24, 2.45) is 5.14 Å². The molecule has 10 heteroatoms. The number of anilines is 1. The Morgan fingerprint density at radius 3 is 2.57 bits per heavy atom. The molecule has 1 aromatic heterocycles. The Labute approximate surface area is 129 Å². The van der Waals surface area contributed by atoms with E-state index in [9.17, 15) is 18.5 Å². The van der Waals surface area contributed by atoms with Crippen molar-refractivity contribution < 1.29 is 13.3 Å². The van der Waals surface area contributed by atoms with Gasteiger partial charge in [0.2, 0.25) is 10.0 Å². The van der Waals surface area contributed by atoms with Gasteiger partial charge in [-0.05, 0) is 18.2 Å². The first kappa shape index (κ1) is 15.7. The molecule has 2 rings (SSSR count). The number of primary sulfonamides is 1. The molecule has 3 N–H and O–H groups in total. The molecule has 1 aromatic carbocycles. The number of hydrogen-bond donors (Lipinski definition) is 2. The minimum atomic E-state index is -3.70. The van der Waals surface area contributed by atoms with Crippen LogP contribution in [0.25, 0.3) is 0 Å². The van der Waals surface area contributed by atoms with Gasteiger partial charge in [0, 0.05) is 23.6 Å². The molecule has 21 heavy (non-hydrogen) atoms. The number of non-ortho nitro benzene ring substituents is 1. The molecule has 0 unspecified atom stereocenters. The van der Waals surface area contributed by atoms with Gasteiger partial charge in [0.05, 0.1) is 15.6 Å². The standard InChI is InChI=1S/C11H10ClN3O4S2/c12-9-5-7(15(16)17)1-3-10(9)14-6-8-2-4-11(20-8)21(13,18)19/h1-5,14H,6H2,(H2,13,18,19). The van der Waals surface area contributed by atoms with E-state index in [1.807, 2.05) is 0 Å². The van der Waals surface area contributed by atoms with Crippen molar-refractivity contribution in [2.75, 3.05) is 5.32 Å². The van der Waals surface area contributed by atoms with Crippen molar-refractivity contribution in [3.63, 3.8) is 0 Å². The molecule has 0 amide bonds. The third-order valence-corrected chi connectivity index (χ3v) is 5.37. The Kier molecular flexibility index (Phi) is 4.47. The van der Waals surface area contributed by atoms with Gasteiger partial charge in [-0.15, -0.1) is 11.3 Å². The second kappa shape index (κ2) is 5.98. The zero-order chi connectivity index (χ0) is 15.6. The SMILES string of the molecule is NS(=O)(=O)c1ccc(CNc2ccc([N+](=O)[O-])cc2Cl)s1. The Morgan fingerprint density at radius 2 is 2.05 bits per heavy atom. The fraction of sp³-hybridized carbons (Fsp3) is 0.0909. The quantitative estimate of drug-likeness (QED) is 0.637. The molecule has 0 saturated carbocycles. The molecule has 0 bridgehead atoms. The van der Waals surface area contributed by atoms with Gasteiger partial charge in [-0.2, -0.15) is 0 Å². The predicted molar refractivity (Wildman–Crippen MR) is 81.1 cm³/mol. The molecule has 112 valence electrons. The van der Waals surface area contributed by atoms with Gasteiger partial charge in [-0.25, -0.2) is 13.6 Å². The summed E-state index contributed by atoms with van der Waals surface area (Å²) in [5.41, 5.74) is 0.422. The summed E-state index contributed by atoms with van der Waals surface area (Å²) in [4.78, 5) is 10.8. The van der Waals surface area contributed by atoms with E-state index in [4.69, 9.17) is 16.7 Å². The monoisotopic (exact) mass is 347 g/mol. The highest BCUT2D eigenvalue weighted by atomic mass is 35.5. The number of rotatable bonds is 5. The molecule has 0 radical (unpaired) electrons. The normalized spacial score (nSPS) is 11.3. The Hall–Kier alpha value is -1.68. The van der Waals surface area contributed by atoms with Crippen LogP contribution in [0.3, 0.4) is 0 Å². The second-order valence-electron chi connectivity index (χ2n) is 4.04. The zero-order valence-electron chi connectivity index (χ0n) is 10.4. The van der Waals surface area contributed by atoms with Gasteiger partial charge in [0.1, 0.15) is 4.21 Å². The van der Waals surface area contributed by atoms with Crippen LogP contribution in [0.2, 0.25) is 5.02 Å². The number of hydrogen-bond acceptors (Lipinski definition) is 6. The molecular formula is C11H10ClN3O4S2. The van der Waals surface area contributed by atoms with E-state index >= 15 is 0 Å². The first-order valence-electron chi connectivity index (χ1n) is 5.56. The molecule has 1 heterocycles. The van der Waals surface area contributed by atoms with Crippen LogP contribution >= 0.6 is 22.9 Å². The third kappa shape index (κ3) is 3.91. The lowest BCUT2D eigenvalue weighted by Crippen LogP contribution is -2.09. The number of nitro groups is 1. The molecule has 0 saturated heterocycles. The van der Waals surface area contributed by atoms with E-state index in [1.54, 1.807) is 6.07 Å². The Morgan fingerprint density at radius 1 is 1.33 bits per heavy atom. The maximum Gasteiger partial charge on any atom is 0.271 e. The van der Waals surface area contributed by atoms with Crippen LogP contribution in [0.4, 0.5) is 11.4 Å². The van der Waals surface area contributed by atoms with Gasteiger partial charge in [0.25, 0.3) is 5.69 Å². The number of thiophene rings is 1. The number of sulfonamides is 1. The molecule has 0 fully saturated rings. The van der Waals surface area contributed by atoms with Gasteiger partial charge in [-0.3, -0.25) is 10.1 Å². The number of nitrogens with one attached hydrogen (secondary N) is 1. The van der Waals surface area contributed by atoms with E-state index in [1.165, 1.54) is 24.3 Å². The summed E-state index contributed by atoms with van der Waals surface area (Å²) in [5.74, 6) is 0. The van der Waals surface area contributed by atoms with E-state index < -0.39 is 14.9 Å². The Bertz CT molecular complexity index is 789. The summed E-state index contributed by atoms with van der Waals surface area (Å²) in [5, 5.41) is 18.8. The van der Waals surface area contributed by atoms with Crippen LogP contribution in [-0.2, 0) is 16.6 Å². The maximum absolute atomic E-state index is 11.2. The highest BCUT2D eigenvalue weighted by Gasteiger charge is 2.12. The summed E-state index contributed by atoms with van der Waals surface area (Å²) < 4.78 is 22.4. The van der Waals surface area contributed by atoms with Gasteiger partial charge < -0.3 is 5.32 Å². The molecule has 7 nitrogen and oxygen atoms in total. The first-order chi connectivity index (χ1) is 9.77. The summed E-state index contributed by atoms with van der Waals surface area (Å²) in [6, 6.07) is 7.13. The lowest BCUT2D eigenvalue weighted by atomic mass is 10.3. The van der Waals surface area contributed by atoms with E-state index in [0.29, 0.717) is 12.2 Å². The maximum atomic E-state index is 11.2. The number of nitrogens with two attached hydrogens (primary N) is 1. The predicted octanol–water partition coefficient (Wildman–Crippen LogP) is 2.57. The molecule has 2 aromatic rings. The van der Waals surface area contributed by atoms with E-state index in [2.05, 4.69) is 5.32 Å². The molecule has 0 aliphatic carbocycles. The van der Waals surface area contributed by atoms with Crippen LogP contribution in [0.5, 0.6) is 0 Å². The summed E-state index contributed by atoms with van der Waals surface area (Å²) >= 11 is 6.98. The highest BCUT2D eigenvalue weighted by Crippen LogP contribution is 2.28. The summed E-state index contributed by atoms with van der Waals surface area (Å²) in [6.07, 6.45) is 0. The van der Waals surface area contributed by atoms with Crippen molar-refractivity contribution in [1.82, 2.24) is 0 Å². The summed E-state index contributed by atoms with van der Waals surface area (Å²) in [6.45, 7) is 0.331. The zero-order valence-corrected chi connectivity index (χ0v) is 12.8. The lowest BCUT2D eigenvalue weighted by molar-refractivity contribution is -0.384. The molecule has 0 aliphatic heterocycles. The largest absolute Gasteiger partial charge is 0.379 e. The fourth-order valence-electron chi connectivity index (χ4n) is 1.55. The number of benzene rings is 1. The summed E-state index contributed by atoms with van der Waals surface area (Å²) in [7, 11) is -3.70. The minimum absolute atomic E-state index is 0.0779. The van der Waals surface area contributed by atoms with Crippen LogP contribution in [-0.4, -0.2) is 13.3 Å². The molecule has 0 aliphatic rings. The van der Waals surface area contributed by atoms with Crippen molar-refractivity contribution in [3.05, 3.63) is 50.3 Å². The van der Waals surface area contributed by atoms with Gasteiger partial charge in [0.15, 0.2) is 0 Å². The van der Waals surface area contributed by atoms with E-state index in [0.717, 1.165) is 16.2 Å². The average molecular weight is 348 g/mol. The third-order valence-electron chi connectivity index (χ3n) is 2.53. The Balaban J connectivity index is 2.10. The molecule has 0 atom stereocenters.